The van der Waals surface area contributed by atoms with Gasteiger partial charge in [0.1, 0.15) is 0 Å². The van der Waals surface area contributed by atoms with Crippen molar-refractivity contribution in [3.05, 3.63) is 57.4 Å². The highest BCUT2D eigenvalue weighted by Crippen LogP contribution is 2.32. The molecule has 134 valence electrons. The Morgan fingerprint density at radius 3 is 2.88 bits per heavy atom. The summed E-state index contributed by atoms with van der Waals surface area (Å²) in [5.41, 5.74) is 9.26. The largest absolute Gasteiger partial charge is 0.397 e. The van der Waals surface area contributed by atoms with Crippen molar-refractivity contribution in [1.82, 2.24) is 24.5 Å². The molecule has 0 unspecified atom stereocenters. The lowest BCUT2D eigenvalue weighted by atomic mass is 10.1. The molecular formula is C18H20N6O2. The van der Waals surface area contributed by atoms with Crippen LogP contribution in [0.3, 0.4) is 0 Å². The van der Waals surface area contributed by atoms with Crippen LogP contribution in [0.15, 0.2) is 29.3 Å². The van der Waals surface area contributed by atoms with Gasteiger partial charge in [0.25, 0.3) is 11.5 Å². The number of pyridine rings is 1. The smallest absolute Gasteiger partial charge is 0.275 e. The van der Waals surface area contributed by atoms with Crippen LogP contribution >= 0.6 is 0 Å². The van der Waals surface area contributed by atoms with E-state index in [2.05, 4.69) is 15.1 Å². The molecule has 1 fully saturated rings. The van der Waals surface area contributed by atoms with Crippen LogP contribution in [0.1, 0.15) is 46.2 Å². The van der Waals surface area contributed by atoms with Crippen molar-refractivity contribution in [2.75, 3.05) is 12.3 Å². The molecule has 4 rings (SSSR count). The second kappa shape index (κ2) is 5.98. The van der Waals surface area contributed by atoms with Gasteiger partial charge in [-0.2, -0.15) is 0 Å². The molecule has 26 heavy (non-hydrogen) atoms. The second-order valence-electron chi connectivity index (χ2n) is 6.70. The van der Waals surface area contributed by atoms with E-state index in [1.807, 2.05) is 13.0 Å². The molecule has 0 spiro atoms. The summed E-state index contributed by atoms with van der Waals surface area (Å²) in [5, 5.41) is 3.13. The van der Waals surface area contributed by atoms with Gasteiger partial charge in [-0.1, -0.05) is 0 Å². The summed E-state index contributed by atoms with van der Waals surface area (Å²) in [7, 11) is 0. The summed E-state index contributed by atoms with van der Waals surface area (Å²) in [5.74, 6) is -0.112. The molecule has 1 atom stereocenters. The molecule has 4 heterocycles. The summed E-state index contributed by atoms with van der Waals surface area (Å²) >= 11 is 0. The molecule has 1 aliphatic heterocycles. The van der Waals surface area contributed by atoms with Crippen molar-refractivity contribution in [3.63, 3.8) is 0 Å². The molecule has 8 nitrogen and oxygen atoms in total. The molecule has 1 saturated heterocycles. The molecule has 0 saturated carbocycles. The third-order valence-corrected chi connectivity index (χ3v) is 4.98. The van der Waals surface area contributed by atoms with Crippen LogP contribution in [-0.2, 0) is 0 Å². The van der Waals surface area contributed by atoms with E-state index < -0.39 is 0 Å². The predicted molar refractivity (Wildman–Crippen MR) is 96.9 cm³/mol. The van der Waals surface area contributed by atoms with Crippen LogP contribution in [0.4, 0.5) is 5.69 Å². The zero-order valence-corrected chi connectivity index (χ0v) is 14.7. The number of nitrogens with zero attached hydrogens (tertiary/aromatic N) is 4. The molecule has 8 heteroatoms. The maximum Gasteiger partial charge on any atom is 0.275 e. The lowest BCUT2D eigenvalue weighted by Gasteiger charge is -2.23. The number of nitrogens with one attached hydrogen (secondary N) is 1. The van der Waals surface area contributed by atoms with Gasteiger partial charge in [-0.15, -0.1) is 0 Å². The van der Waals surface area contributed by atoms with Gasteiger partial charge in [0.15, 0.2) is 5.65 Å². The molecule has 3 aromatic heterocycles. The number of aromatic nitrogens is 4. The van der Waals surface area contributed by atoms with Crippen molar-refractivity contribution >= 4 is 17.2 Å². The van der Waals surface area contributed by atoms with Crippen molar-refractivity contribution < 1.29 is 4.79 Å². The molecule has 0 radical (unpaired) electrons. The number of H-pyrrole nitrogens is 1. The number of anilines is 1. The Balaban J connectivity index is 1.73. The van der Waals surface area contributed by atoms with E-state index in [4.69, 9.17) is 5.73 Å². The average Bonchev–Trinajstić information content (AvgIpc) is 3.25. The van der Waals surface area contributed by atoms with Crippen molar-refractivity contribution in [1.29, 1.82) is 0 Å². The van der Waals surface area contributed by atoms with Gasteiger partial charge in [0.05, 0.1) is 23.0 Å². The van der Waals surface area contributed by atoms with Crippen molar-refractivity contribution in [2.24, 2.45) is 0 Å². The van der Waals surface area contributed by atoms with Crippen molar-refractivity contribution in [3.8, 4) is 0 Å². The zero-order chi connectivity index (χ0) is 18.4. The number of nitrogen functional groups attached to an aromatic ring is 1. The normalized spacial score (nSPS) is 17.2. The fraction of sp³-hybridized carbons (Fsp3) is 0.333. The Hall–Kier alpha value is -3.16. The van der Waals surface area contributed by atoms with Crippen LogP contribution in [-0.4, -0.2) is 36.9 Å². The van der Waals surface area contributed by atoms with E-state index in [0.717, 1.165) is 18.5 Å². The zero-order valence-electron chi connectivity index (χ0n) is 14.7. The van der Waals surface area contributed by atoms with Gasteiger partial charge >= 0.3 is 0 Å². The number of nitrogens with two attached hydrogens (primary N) is 1. The molecule has 1 aliphatic rings. The van der Waals surface area contributed by atoms with Gasteiger partial charge < -0.3 is 10.6 Å². The quantitative estimate of drug-likeness (QED) is 0.728. The molecule has 1 amide bonds. The number of aryl methyl sites for hydroxylation is 1. The van der Waals surface area contributed by atoms with Crippen LogP contribution < -0.4 is 11.3 Å². The third-order valence-electron chi connectivity index (χ3n) is 4.98. The lowest BCUT2D eigenvalue weighted by Crippen LogP contribution is -2.31. The van der Waals surface area contributed by atoms with E-state index >= 15 is 0 Å². The van der Waals surface area contributed by atoms with Gasteiger partial charge in [-0.3, -0.25) is 19.7 Å². The van der Waals surface area contributed by atoms with Gasteiger partial charge in [0.2, 0.25) is 0 Å². The fourth-order valence-electron chi connectivity index (χ4n) is 3.48. The highest BCUT2D eigenvalue weighted by Gasteiger charge is 2.32. The van der Waals surface area contributed by atoms with E-state index in [9.17, 15) is 9.59 Å². The minimum atomic E-state index is -0.134. The fourth-order valence-corrected chi connectivity index (χ4v) is 3.48. The number of hydrogen-bond acceptors (Lipinski definition) is 5. The topological polar surface area (TPSA) is 109 Å². The Kier molecular flexibility index (Phi) is 3.75. The summed E-state index contributed by atoms with van der Waals surface area (Å²) in [6.45, 7) is 4.23. The third kappa shape index (κ3) is 2.54. The summed E-state index contributed by atoms with van der Waals surface area (Å²) in [6, 6.07) is 3.35. The number of rotatable bonds is 2. The van der Waals surface area contributed by atoms with E-state index in [-0.39, 0.29) is 17.5 Å². The number of carbonyl (C=O) groups excluding carboxylic acids is 1. The van der Waals surface area contributed by atoms with E-state index in [1.54, 1.807) is 17.9 Å². The summed E-state index contributed by atoms with van der Waals surface area (Å²) < 4.78 is 1.45. The molecule has 3 N–H and O–H groups in total. The first kappa shape index (κ1) is 16.3. The Morgan fingerprint density at radius 2 is 2.12 bits per heavy atom. The predicted octanol–water partition coefficient (Wildman–Crippen LogP) is 1.59. The summed E-state index contributed by atoms with van der Waals surface area (Å²) in [4.78, 5) is 35.6. The highest BCUT2D eigenvalue weighted by molar-refractivity contribution is 5.95. The number of aromatic amines is 1. The Bertz CT molecular complexity index is 1070. The second-order valence-corrected chi connectivity index (χ2v) is 6.70. The van der Waals surface area contributed by atoms with Crippen LogP contribution in [0.25, 0.3) is 5.65 Å². The molecule has 0 aromatic carbocycles. The number of amides is 1. The number of hydrogen-bond donors (Lipinski definition) is 2. The minimum Gasteiger partial charge on any atom is -0.397 e. The first-order chi connectivity index (χ1) is 12.5. The molecular weight excluding hydrogens is 332 g/mol. The minimum absolute atomic E-state index is 0.112. The maximum atomic E-state index is 12.9. The van der Waals surface area contributed by atoms with Crippen LogP contribution in [0.2, 0.25) is 0 Å². The van der Waals surface area contributed by atoms with Gasteiger partial charge in [0, 0.05) is 36.3 Å². The number of likely N-dealkylation sites (tertiary alicyclic amines) is 1. The highest BCUT2D eigenvalue weighted by atomic mass is 16.2. The SMILES string of the molecule is Cc1nc2cc([C@@H]3CCCN3C(=O)c3cncc(N)c3)[nH]n2c(=O)c1C. The Morgan fingerprint density at radius 1 is 1.31 bits per heavy atom. The standard InChI is InChI=1S/C18H20N6O2/c1-10-11(2)21-16-7-14(22-24(16)17(10)25)15-4-3-5-23(15)18(26)12-6-13(19)9-20-8-12/h6-9,15,22H,3-5,19H2,1-2H3/t15-/m0/s1. The van der Waals surface area contributed by atoms with Gasteiger partial charge in [-0.25, -0.2) is 9.50 Å². The maximum absolute atomic E-state index is 12.9. The Labute approximate surface area is 149 Å². The monoisotopic (exact) mass is 352 g/mol. The van der Waals surface area contributed by atoms with Crippen LogP contribution in [0.5, 0.6) is 0 Å². The van der Waals surface area contributed by atoms with Crippen molar-refractivity contribution in [2.45, 2.75) is 32.7 Å². The molecule has 0 bridgehead atoms. The number of carbonyl (C=O) groups is 1. The summed E-state index contributed by atoms with van der Waals surface area (Å²) in [6.07, 6.45) is 4.75. The van der Waals surface area contributed by atoms with E-state index in [1.165, 1.54) is 16.9 Å². The molecule has 3 aromatic rings. The van der Waals surface area contributed by atoms with E-state index in [0.29, 0.717) is 34.7 Å². The van der Waals surface area contributed by atoms with Crippen LogP contribution in [0, 0.1) is 13.8 Å². The number of fused-ring (bicyclic) bond motifs is 1. The first-order valence-corrected chi connectivity index (χ1v) is 8.56. The van der Waals surface area contributed by atoms with Gasteiger partial charge in [-0.05, 0) is 32.8 Å². The lowest BCUT2D eigenvalue weighted by molar-refractivity contribution is 0.0732. The molecule has 0 aliphatic carbocycles. The first-order valence-electron chi connectivity index (χ1n) is 8.56. The average molecular weight is 352 g/mol.